The number of nitro groups is 1. The van der Waals surface area contributed by atoms with Gasteiger partial charge in [0.25, 0.3) is 5.69 Å². The fourth-order valence-corrected chi connectivity index (χ4v) is 8.84. The van der Waals surface area contributed by atoms with Crippen LogP contribution in [0.4, 0.5) is 10.5 Å². The molecule has 10 nitrogen and oxygen atoms in total. The van der Waals surface area contributed by atoms with Crippen LogP contribution in [-0.2, 0) is 26.1 Å². The highest BCUT2D eigenvalue weighted by Gasteiger charge is 2.57. The smallest absolute Gasteiger partial charge is 0.411 e. The van der Waals surface area contributed by atoms with Crippen LogP contribution < -0.4 is 10.9 Å². The lowest BCUT2D eigenvalue weighted by molar-refractivity contribution is -0.384. The second-order valence-electron chi connectivity index (χ2n) is 10.5. The van der Waals surface area contributed by atoms with Crippen LogP contribution in [0.1, 0.15) is 28.7 Å². The monoisotopic (exact) mass is 632 g/mol. The number of thioether (sulfide) groups is 1. The zero-order valence-electron chi connectivity index (χ0n) is 23.7. The molecule has 1 fully saturated rings. The minimum Gasteiger partial charge on any atom is -0.445 e. The lowest BCUT2D eigenvalue weighted by Gasteiger charge is -2.37. The first-order valence-electron chi connectivity index (χ1n) is 13.9. The Hall–Kier alpha value is -4.23. The number of likely N-dealkylation sites (tertiary alicyclic amines) is 1. The number of ether oxygens (including phenoxy) is 1. The predicted octanol–water partition coefficient (Wildman–Crippen LogP) is 4.97. The quantitative estimate of drug-likeness (QED) is 0.141. The number of nitrogens with zero attached hydrogens (tertiary/aromatic N) is 2. The molecule has 0 radical (unpaired) electrons. The number of hydrogen-bond acceptors (Lipinski definition) is 8. The van der Waals surface area contributed by atoms with Crippen molar-refractivity contribution in [2.45, 2.75) is 27.9 Å². The van der Waals surface area contributed by atoms with Gasteiger partial charge in [-0.1, -0.05) is 91.0 Å². The molecule has 0 aliphatic carbocycles. The minimum absolute atomic E-state index is 0.00560. The minimum atomic E-state index is -4.38. The third-order valence-electron chi connectivity index (χ3n) is 7.89. The van der Waals surface area contributed by atoms with Crippen LogP contribution >= 0.6 is 11.8 Å². The Balaban J connectivity index is 1.52. The molecule has 2 atom stereocenters. The molecule has 0 spiro atoms. The number of non-ortho nitro benzene ring substituents is 1. The highest BCUT2D eigenvalue weighted by atomic mass is 32.2. The van der Waals surface area contributed by atoms with Crippen molar-refractivity contribution in [3.05, 3.63) is 148 Å². The van der Waals surface area contributed by atoms with Crippen molar-refractivity contribution in [3.8, 4) is 0 Å². The van der Waals surface area contributed by atoms with E-state index in [2.05, 4.69) is 0 Å². The first-order valence-corrected chi connectivity index (χ1v) is 16.3. The topological polar surface area (TPSA) is 159 Å². The van der Waals surface area contributed by atoms with E-state index in [4.69, 9.17) is 15.6 Å². The van der Waals surface area contributed by atoms with Gasteiger partial charge in [0.05, 0.1) is 9.67 Å². The summed E-state index contributed by atoms with van der Waals surface area (Å²) in [6, 6.07) is 35.3. The average Bonchev–Trinajstić information content (AvgIpc) is 3.44. The Morgan fingerprint density at radius 3 is 1.80 bits per heavy atom. The largest absolute Gasteiger partial charge is 0.445 e. The molecule has 1 amide bonds. The van der Waals surface area contributed by atoms with E-state index in [1.165, 1.54) is 24.3 Å². The lowest BCUT2D eigenvalue weighted by atomic mass is 9.84. The number of carbonyl (C=O) groups excluding carboxylic acids is 1. The maximum atomic E-state index is 13.5. The second-order valence-corrected chi connectivity index (χ2v) is 13.9. The molecule has 1 aliphatic rings. The third-order valence-corrected chi connectivity index (χ3v) is 11.2. The van der Waals surface area contributed by atoms with E-state index in [9.17, 15) is 23.3 Å². The van der Waals surface area contributed by atoms with Crippen molar-refractivity contribution >= 4 is 33.6 Å². The van der Waals surface area contributed by atoms with Crippen molar-refractivity contribution < 1.29 is 22.9 Å². The molecule has 5 rings (SSSR count). The summed E-state index contributed by atoms with van der Waals surface area (Å²) in [6.07, 6.45) is -0.913. The van der Waals surface area contributed by atoms with Gasteiger partial charge in [0.15, 0.2) is 4.87 Å². The molecule has 0 bridgehead atoms. The van der Waals surface area contributed by atoms with Gasteiger partial charge in [-0.15, -0.1) is 11.8 Å². The number of benzene rings is 4. The first kappa shape index (κ1) is 31.2. The summed E-state index contributed by atoms with van der Waals surface area (Å²) in [4.78, 5) is 23.2. The molecule has 1 heterocycles. The molecule has 44 heavy (non-hydrogen) atoms. The summed E-state index contributed by atoms with van der Waals surface area (Å²) in [5.74, 6) is 0. The molecular weight excluding hydrogens is 601 g/mol. The lowest BCUT2D eigenvalue weighted by Crippen LogP contribution is -2.59. The van der Waals surface area contributed by atoms with Crippen LogP contribution in [0.25, 0.3) is 0 Å². The van der Waals surface area contributed by atoms with Crippen LogP contribution in [0.5, 0.6) is 0 Å². The maximum absolute atomic E-state index is 13.5. The van der Waals surface area contributed by atoms with Gasteiger partial charge in [-0.2, -0.15) is 0 Å². The molecule has 4 N–H and O–H groups in total. The molecular formula is C32H32N4O6S2. The number of carbonyl (C=O) groups is 1. The highest BCUT2D eigenvalue weighted by Crippen LogP contribution is 2.53. The Morgan fingerprint density at radius 2 is 1.39 bits per heavy atom. The summed E-state index contributed by atoms with van der Waals surface area (Å²) >= 11 is 1.54. The maximum Gasteiger partial charge on any atom is 0.411 e. The number of sulfonamides is 1. The highest BCUT2D eigenvalue weighted by molar-refractivity contribution is 8.01. The normalized spacial score (nSPS) is 18.6. The zero-order chi connectivity index (χ0) is 31.4. The first-order chi connectivity index (χ1) is 21.1. The summed E-state index contributed by atoms with van der Waals surface area (Å²) in [5.41, 5.74) is 9.46. The molecule has 0 unspecified atom stereocenters. The second kappa shape index (κ2) is 12.8. The number of rotatable bonds is 10. The van der Waals surface area contributed by atoms with Crippen LogP contribution in [0.2, 0.25) is 0 Å². The van der Waals surface area contributed by atoms with Crippen molar-refractivity contribution in [1.29, 1.82) is 0 Å². The van der Waals surface area contributed by atoms with E-state index >= 15 is 0 Å². The summed E-state index contributed by atoms with van der Waals surface area (Å²) < 4.78 is 31.1. The molecule has 0 saturated carbocycles. The SMILES string of the molecule is NC[C@@]1(S(N)(=O)=O)C[C@H](SC(c2ccccc2)(c2ccccc2)c2ccccc2)CN1C(=O)OCc1ccc([N+](=O)[O-])cc1. The number of nitro benzene ring substituents is 1. The van der Waals surface area contributed by atoms with E-state index in [1.807, 2.05) is 91.0 Å². The van der Waals surface area contributed by atoms with E-state index in [0.717, 1.165) is 21.6 Å². The van der Waals surface area contributed by atoms with Crippen molar-refractivity contribution in [2.24, 2.45) is 10.9 Å². The van der Waals surface area contributed by atoms with E-state index in [0.29, 0.717) is 5.56 Å². The van der Waals surface area contributed by atoms with E-state index < -0.39 is 42.5 Å². The van der Waals surface area contributed by atoms with Gasteiger partial charge in [-0.3, -0.25) is 15.0 Å². The van der Waals surface area contributed by atoms with Crippen molar-refractivity contribution in [1.82, 2.24) is 4.90 Å². The molecule has 228 valence electrons. The Bertz CT molecular complexity index is 1610. The molecule has 1 saturated heterocycles. The summed E-state index contributed by atoms with van der Waals surface area (Å²) in [5, 5.41) is 16.4. The Labute approximate surface area is 260 Å². The summed E-state index contributed by atoms with van der Waals surface area (Å²) in [6.45, 7) is -0.644. The Kier molecular flexibility index (Phi) is 9.07. The van der Waals surface area contributed by atoms with Gasteiger partial charge in [-0.25, -0.2) is 18.4 Å². The molecule has 0 aromatic heterocycles. The van der Waals surface area contributed by atoms with Crippen molar-refractivity contribution in [3.63, 3.8) is 0 Å². The molecule has 12 heteroatoms. The van der Waals surface area contributed by atoms with E-state index in [1.54, 1.807) is 11.8 Å². The predicted molar refractivity (Wildman–Crippen MR) is 170 cm³/mol. The zero-order valence-corrected chi connectivity index (χ0v) is 25.3. The number of primary sulfonamides is 1. The van der Waals surface area contributed by atoms with Gasteiger partial charge >= 0.3 is 6.09 Å². The van der Waals surface area contributed by atoms with Gasteiger partial charge in [0.2, 0.25) is 10.0 Å². The van der Waals surface area contributed by atoms with Crippen LogP contribution in [0.3, 0.4) is 0 Å². The molecule has 1 aliphatic heterocycles. The number of amides is 1. The Morgan fingerprint density at radius 1 is 0.909 bits per heavy atom. The standard InChI is InChI=1S/C32H32N4O6S2/c33-23-31(44(34,40)41)20-29(21-35(31)30(37)42-22-24-16-18-28(19-17-24)36(38)39)43-32(25-10-4-1-5-11-25,26-12-6-2-7-13-26)27-14-8-3-9-15-27/h1-19,29H,20-23,33H2,(H2,34,40,41)/t29-,31-/m0/s1. The molecule has 4 aromatic carbocycles. The van der Waals surface area contributed by atoms with Gasteiger partial charge in [0, 0.05) is 36.9 Å². The van der Waals surface area contributed by atoms with Gasteiger partial charge in [-0.05, 0) is 34.4 Å². The number of hydrogen-bond donors (Lipinski definition) is 2. The number of nitrogens with two attached hydrogens (primary N) is 2. The summed E-state index contributed by atoms with van der Waals surface area (Å²) in [7, 11) is -4.38. The van der Waals surface area contributed by atoms with E-state index in [-0.39, 0.29) is 25.3 Å². The van der Waals surface area contributed by atoms with Crippen LogP contribution in [0.15, 0.2) is 115 Å². The average molecular weight is 633 g/mol. The van der Waals surface area contributed by atoms with Gasteiger partial charge < -0.3 is 10.5 Å². The van der Waals surface area contributed by atoms with Crippen LogP contribution in [0, 0.1) is 10.1 Å². The van der Waals surface area contributed by atoms with Gasteiger partial charge in [0.1, 0.15) is 6.61 Å². The van der Waals surface area contributed by atoms with Crippen LogP contribution in [-0.4, -0.2) is 47.5 Å². The fraction of sp³-hybridized carbons (Fsp3) is 0.219. The molecule has 4 aromatic rings. The fourth-order valence-electron chi connectivity index (χ4n) is 5.71. The third kappa shape index (κ3) is 5.93. The van der Waals surface area contributed by atoms with Crippen molar-refractivity contribution in [2.75, 3.05) is 13.1 Å².